The fourth-order valence-electron chi connectivity index (χ4n) is 2.37. The van der Waals surface area contributed by atoms with Gasteiger partial charge >= 0.3 is 5.97 Å². The first kappa shape index (κ1) is 18.0. The molecule has 0 aliphatic carbocycles. The van der Waals surface area contributed by atoms with E-state index in [1.807, 2.05) is 37.3 Å². The summed E-state index contributed by atoms with van der Waals surface area (Å²) in [6, 6.07) is 13.0. The second kappa shape index (κ2) is 8.48. The van der Waals surface area contributed by atoms with E-state index in [1.54, 1.807) is 12.1 Å². The normalized spacial score (nSPS) is 12.0. The lowest BCUT2D eigenvalue weighted by atomic mass is 9.96. The molecule has 122 valence electrons. The highest BCUT2D eigenvalue weighted by atomic mass is 79.9. The minimum absolute atomic E-state index is 0.296. The Morgan fingerprint density at radius 3 is 2.74 bits per heavy atom. The number of hydrogen-bond donors (Lipinski definition) is 0. The van der Waals surface area contributed by atoms with Gasteiger partial charge in [-0.25, -0.2) is 4.79 Å². The SMILES string of the molecule is COC(=O)c1cccc(C(OCCBr)c2cc(Cl)ccc2C)c1. The topological polar surface area (TPSA) is 35.5 Å². The van der Waals surface area contributed by atoms with E-state index >= 15 is 0 Å². The highest BCUT2D eigenvalue weighted by Gasteiger charge is 2.19. The molecule has 0 saturated heterocycles. The molecule has 5 heteroatoms. The Morgan fingerprint density at radius 2 is 2.04 bits per heavy atom. The highest BCUT2D eigenvalue weighted by Crippen LogP contribution is 2.31. The number of aryl methyl sites for hydroxylation is 1. The first-order chi connectivity index (χ1) is 11.1. The average Bonchev–Trinajstić information content (AvgIpc) is 2.57. The Balaban J connectivity index is 2.46. The van der Waals surface area contributed by atoms with Crippen molar-refractivity contribution in [2.24, 2.45) is 0 Å². The summed E-state index contributed by atoms with van der Waals surface area (Å²) < 4.78 is 10.8. The predicted molar refractivity (Wildman–Crippen MR) is 95.6 cm³/mol. The van der Waals surface area contributed by atoms with Gasteiger partial charge in [-0.1, -0.05) is 45.7 Å². The average molecular weight is 398 g/mol. The first-order valence-corrected chi connectivity index (χ1v) is 8.68. The molecule has 3 nitrogen and oxygen atoms in total. The van der Waals surface area contributed by atoms with Crippen molar-refractivity contribution in [3.05, 3.63) is 69.7 Å². The van der Waals surface area contributed by atoms with E-state index in [9.17, 15) is 4.79 Å². The van der Waals surface area contributed by atoms with Crippen molar-refractivity contribution in [2.75, 3.05) is 19.0 Å². The number of rotatable bonds is 6. The monoisotopic (exact) mass is 396 g/mol. The Kier molecular flexibility index (Phi) is 6.63. The van der Waals surface area contributed by atoms with Crippen LogP contribution in [0, 0.1) is 6.92 Å². The Morgan fingerprint density at radius 1 is 1.26 bits per heavy atom. The predicted octanol–water partition coefficient (Wildman–Crippen LogP) is 4.94. The van der Waals surface area contributed by atoms with Crippen LogP contribution < -0.4 is 0 Å². The zero-order valence-corrected chi connectivity index (χ0v) is 15.4. The summed E-state index contributed by atoms with van der Waals surface area (Å²) in [4.78, 5) is 11.8. The lowest BCUT2D eigenvalue weighted by Gasteiger charge is -2.21. The van der Waals surface area contributed by atoms with E-state index in [0.29, 0.717) is 17.2 Å². The molecule has 0 aromatic heterocycles. The van der Waals surface area contributed by atoms with E-state index < -0.39 is 0 Å². The van der Waals surface area contributed by atoms with Crippen LogP contribution in [0.4, 0.5) is 0 Å². The van der Waals surface area contributed by atoms with Crippen molar-refractivity contribution in [2.45, 2.75) is 13.0 Å². The number of halogens is 2. The third-order valence-corrected chi connectivity index (χ3v) is 4.05. The van der Waals surface area contributed by atoms with Gasteiger partial charge in [0.1, 0.15) is 6.10 Å². The van der Waals surface area contributed by atoms with E-state index in [4.69, 9.17) is 21.1 Å². The summed E-state index contributed by atoms with van der Waals surface area (Å²) in [6.07, 6.45) is -0.296. The van der Waals surface area contributed by atoms with Crippen LogP contribution in [-0.4, -0.2) is 25.0 Å². The van der Waals surface area contributed by atoms with Gasteiger partial charge in [-0.2, -0.15) is 0 Å². The zero-order chi connectivity index (χ0) is 16.8. The van der Waals surface area contributed by atoms with Crippen LogP contribution in [0.5, 0.6) is 0 Å². The summed E-state index contributed by atoms with van der Waals surface area (Å²) in [5, 5.41) is 1.38. The molecule has 0 amide bonds. The lowest BCUT2D eigenvalue weighted by molar-refractivity contribution is 0.0599. The maximum Gasteiger partial charge on any atom is 0.337 e. The van der Waals surface area contributed by atoms with Crippen LogP contribution in [0.15, 0.2) is 42.5 Å². The third-order valence-electron chi connectivity index (χ3n) is 3.50. The number of esters is 1. The van der Waals surface area contributed by atoms with Crippen LogP contribution in [0.1, 0.15) is 33.2 Å². The molecule has 0 aliphatic heterocycles. The highest BCUT2D eigenvalue weighted by molar-refractivity contribution is 9.09. The van der Waals surface area contributed by atoms with Gasteiger partial charge in [-0.3, -0.25) is 0 Å². The summed E-state index contributed by atoms with van der Waals surface area (Å²) >= 11 is 9.53. The van der Waals surface area contributed by atoms with Gasteiger partial charge in [-0.15, -0.1) is 0 Å². The minimum Gasteiger partial charge on any atom is -0.465 e. The minimum atomic E-state index is -0.367. The van der Waals surface area contributed by atoms with Crippen LogP contribution in [-0.2, 0) is 9.47 Å². The molecule has 2 aromatic carbocycles. The molecule has 2 aromatic rings. The van der Waals surface area contributed by atoms with Crippen molar-refractivity contribution < 1.29 is 14.3 Å². The maximum absolute atomic E-state index is 11.8. The van der Waals surface area contributed by atoms with Gasteiger partial charge in [0.25, 0.3) is 0 Å². The Labute approximate surface area is 149 Å². The van der Waals surface area contributed by atoms with Gasteiger partial charge in [0.05, 0.1) is 19.3 Å². The van der Waals surface area contributed by atoms with Crippen LogP contribution >= 0.6 is 27.5 Å². The molecule has 0 heterocycles. The fourth-order valence-corrected chi connectivity index (χ4v) is 2.74. The third kappa shape index (κ3) is 4.56. The number of alkyl halides is 1. The lowest BCUT2D eigenvalue weighted by Crippen LogP contribution is -2.11. The molecule has 0 aliphatic rings. The smallest absolute Gasteiger partial charge is 0.337 e. The number of benzene rings is 2. The number of hydrogen-bond acceptors (Lipinski definition) is 3. The molecular formula is C18H18BrClO3. The molecule has 23 heavy (non-hydrogen) atoms. The van der Waals surface area contributed by atoms with Crippen LogP contribution in [0.2, 0.25) is 5.02 Å². The van der Waals surface area contributed by atoms with Gasteiger partial charge < -0.3 is 9.47 Å². The van der Waals surface area contributed by atoms with Gasteiger partial charge in [0.2, 0.25) is 0 Å². The van der Waals surface area contributed by atoms with Crippen molar-refractivity contribution in [3.8, 4) is 0 Å². The quantitative estimate of drug-likeness (QED) is 0.512. The largest absolute Gasteiger partial charge is 0.465 e. The van der Waals surface area contributed by atoms with Crippen molar-refractivity contribution in [1.82, 2.24) is 0 Å². The Hall–Kier alpha value is -1.36. The van der Waals surface area contributed by atoms with Crippen molar-refractivity contribution >= 4 is 33.5 Å². The molecule has 1 unspecified atom stereocenters. The summed E-state index contributed by atoms with van der Waals surface area (Å²) in [6.45, 7) is 2.55. The molecule has 2 rings (SSSR count). The molecule has 0 spiro atoms. The van der Waals surface area contributed by atoms with Crippen LogP contribution in [0.25, 0.3) is 0 Å². The zero-order valence-electron chi connectivity index (χ0n) is 13.0. The second-order valence-corrected chi connectivity index (χ2v) is 6.29. The summed E-state index contributed by atoms with van der Waals surface area (Å²) in [5.41, 5.74) is 3.45. The Bertz CT molecular complexity index is 688. The number of carbonyl (C=O) groups is 1. The molecule has 0 bridgehead atoms. The van der Waals surface area contributed by atoms with Gasteiger partial charge in [0, 0.05) is 10.4 Å². The number of methoxy groups -OCH3 is 1. The standard InChI is InChI=1S/C18H18BrClO3/c1-12-6-7-15(20)11-16(12)17(23-9-8-19)13-4-3-5-14(10-13)18(21)22-2/h3-7,10-11,17H,8-9H2,1-2H3. The molecule has 1 atom stereocenters. The first-order valence-electron chi connectivity index (χ1n) is 7.18. The molecule has 0 N–H and O–H groups in total. The number of ether oxygens (including phenoxy) is 2. The fraction of sp³-hybridized carbons (Fsp3) is 0.278. The van der Waals surface area contributed by atoms with Crippen LogP contribution in [0.3, 0.4) is 0 Å². The second-order valence-electron chi connectivity index (χ2n) is 5.06. The molecular weight excluding hydrogens is 380 g/mol. The van der Waals surface area contributed by atoms with Gasteiger partial charge in [-0.05, 0) is 47.9 Å². The van der Waals surface area contributed by atoms with Crippen molar-refractivity contribution in [3.63, 3.8) is 0 Å². The maximum atomic E-state index is 11.8. The van der Waals surface area contributed by atoms with Gasteiger partial charge in [0.15, 0.2) is 0 Å². The van der Waals surface area contributed by atoms with E-state index in [2.05, 4.69) is 15.9 Å². The summed E-state index contributed by atoms with van der Waals surface area (Å²) in [5.74, 6) is -0.367. The number of carbonyl (C=O) groups excluding carboxylic acids is 1. The molecule has 0 saturated carbocycles. The van der Waals surface area contributed by atoms with Crippen molar-refractivity contribution in [1.29, 1.82) is 0 Å². The molecule has 0 fully saturated rings. The molecule has 0 radical (unpaired) electrons. The van der Waals surface area contributed by atoms with E-state index in [0.717, 1.165) is 22.0 Å². The van der Waals surface area contributed by atoms with E-state index in [1.165, 1.54) is 7.11 Å². The van der Waals surface area contributed by atoms with E-state index in [-0.39, 0.29) is 12.1 Å². The summed E-state index contributed by atoms with van der Waals surface area (Å²) in [7, 11) is 1.37.